The average molecular weight is 465 g/mol. The molecule has 0 saturated carbocycles. The highest BCUT2D eigenvalue weighted by atomic mass is 28.4. The quantitative estimate of drug-likeness (QED) is 0.597. The van der Waals surface area contributed by atoms with Gasteiger partial charge in [0.05, 0.1) is 12.1 Å². The van der Waals surface area contributed by atoms with Gasteiger partial charge in [0, 0.05) is 13.1 Å². The van der Waals surface area contributed by atoms with Crippen LogP contribution in [0.4, 0.5) is 9.59 Å². The van der Waals surface area contributed by atoms with E-state index in [1.807, 2.05) is 51.1 Å². The fourth-order valence-electron chi connectivity index (χ4n) is 3.27. The Labute approximate surface area is 193 Å². The standard InChI is InChI=1S/C24H40N2O5Si/c1-23(2,3)30-21(27)25-19-14-20(31-32(7,8)24(4,5)6)16-26(15-19)22(28)29-17-18-12-10-9-11-13-18/h9-13,19-20H,14-17H2,1-8H3,(H,25,27)/t19-,20+/m1/s1. The zero-order valence-electron chi connectivity index (χ0n) is 20.9. The Bertz CT molecular complexity index is 771. The lowest BCUT2D eigenvalue weighted by Gasteiger charge is -2.44. The second-order valence-corrected chi connectivity index (χ2v) is 15.8. The predicted octanol–water partition coefficient (Wildman–Crippen LogP) is 5.31. The summed E-state index contributed by atoms with van der Waals surface area (Å²) in [6.07, 6.45) is -0.468. The fourth-order valence-corrected chi connectivity index (χ4v) is 4.63. The number of carbonyl (C=O) groups excluding carboxylic acids is 2. The van der Waals surface area contributed by atoms with E-state index in [1.165, 1.54) is 0 Å². The van der Waals surface area contributed by atoms with Crippen molar-refractivity contribution in [1.82, 2.24) is 10.2 Å². The smallest absolute Gasteiger partial charge is 0.410 e. The minimum absolute atomic E-state index is 0.0389. The molecule has 1 heterocycles. The van der Waals surface area contributed by atoms with Crippen LogP contribution in [0, 0.1) is 0 Å². The number of benzene rings is 1. The second-order valence-electron chi connectivity index (χ2n) is 11.0. The summed E-state index contributed by atoms with van der Waals surface area (Å²) in [7, 11) is -2.06. The van der Waals surface area contributed by atoms with Crippen molar-refractivity contribution < 1.29 is 23.5 Å². The highest BCUT2D eigenvalue weighted by Crippen LogP contribution is 2.38. The van der Waals surface area contributed by atoms with Crippen molar-refractivity contribution in [3.8, 4) is 0 Å². The maximum atomic E-state index is 12.9. The fraction of sp³-hybridized carbons (Fsp3) is 0.667. The molecule has 0 radical (unpaired) electrons. The molecule has 1 saturated heterocycles. The molecule has 0 aromatic heterocycles. The molecular weight excluding hydrogens is 424 g/mol. The van der Waals surface area contributed by atoms with Crippen molar-refractivity contribution >= 4 is 20.5 Å². The van der Waals surface area contributed by atoms with Gasteiger partial charge in [-0.2, -0.15) is 0 Å². The third-order valence-corrected chi connectivity index (χ3v) is 10.4. The molecule has 2 atom stereocenters. The number of hydrogen-bond donors (Lipinski definition) is 1. The van der Waals surface area contributed by atoms with Crippen LogP contribution in [0.1, 0.15) is 53.5 Å². The molecule has 2 rings (SSSR count). The Morgan fingerprint density at radius 1 is 1.06 bits per heavy atom. The van der Waals surface area contributed by atoms with Gasteiger partial charge >= 0.3 is 12.2 Å². The normalized spacial score (nSPS) is 19.9. The first kappa shape index (κ1) is 26.2. The van der Waals surface area contributed by atoms with Gasteiger partial charge in [-0.25, -0.2) is 9.59 Å². The summed E-state index contributed by atoms with van der Waals surface area (Å²) < 4.78 is 17.6. The topological polar surface area (TPSA) is 77.1 Å². The van der Waals surface area contributed by atoms with Crippen molar-refractivity contribution in [3.63, 3.8) is 0 Å². The summed E-state index contributed by atoms with van der Waals surface area (Å²) in [5.74, 6) is 0. The number of nitrogens with one attached hydrogen (secondary N) is 1. The number of amides is 2. The first-order valence-electron chi connectivity index (χ1n) is 11.3. The van der Waals surface area contributed by atoms with Crippen LogP contribution in [-0.4, -0.2) is 56.2 Å². The third-order valence-electron chi connectivity index (χ3n) is 5.86. The lowest BCUT2D eigenvalue weighted by Crippen LogP contribution is -2.57. The summed E-state index contributed by atoms with van der Waals surface area (Å²) in [6.45, 7) is 17.4. The molecule has 32 heavy (non-hydrogen) atoms. The molecule has 1 aliphatic rings. The lowest BCUT2D eigenvalue weighted by atomic mass is 10.0. The molecule has 2 amide bonds. The molecule has 1 aromatic carbocycles. The number of ether oxygens (including phenoxy) is 2. The van der Waals surface area contributed by atoms with Crippen LogP contribution in [0.25, 0.3) is 0 Å². The summed E-state index contributed by atoms with van der Waals surface area (Å²) >= 11 is 0. The summed E-state index contributed by atoms with van der Waals surface area (Å²) in [6, 6.07) is 9.30. The van der Waals surface area contributed by atoms with Gasteiger partial charge in [-0.05, 0) is 50.9 Å². The number of likely N-dealkylation sites (tertiary alicyclic amines) is 1. The molecule has 1 aliphatic heterocycles. The SMILES string of the molecule is CC(C)(C)OC(=O)N[C@@H]1C[C@H](O[Si](C)(C)C(C)(C)C)CN(C(=O)OCc2ccccc2)C1. The van der Waals surface area contributed by atoms with Gasteiger partial charge in [0.25, 0.3) is 0 Å². The molecule has 1 aromatic rings. The van der Waals surface area contributed by atoms with Gasteiger partial charge in [-0.1, -0.05) is 51.1 Å². The Morgan fingerprint density at radius 3 is 2.25 bits per heavy atom. The number of rotatable bonds is 5. The van der Waals surface area contributed by atoms with E-state index in [-0.39, 0.29) is 23.8 Å². The van der Waals surface area contributed by atoms with E-state index in [0.29, 0.717) is 19.5 Å². The second kappa shape index (κ2) is 10.3. The summed E-state index contributed by atoms with van der Waals surface area (Å²) in [5.41, 5.74) is 0.333. The lowest BCUT2D eigenvalue weighted by molar-refractivity contribution is 0.0265. The van der Waals surface area contributed by atoms with Gasteiger partial charge in [0.2, 0.25) is 0 Å². The number of carbonyl (C=O) groups is 2. The molecule has 8 heteroatoms. The van der Waals surface area contributed by atoms with Crippen molar-refractivity contribution in [1.29, 1.82) is 0 Å². The van der Waals surface area contributed by atoms with Crippen molar-refractivity contribution in [2.24, 2.45) is 0 Å². The van der Waals surface area contributed by atoms with E-state index < -0.39 is 26.1 Å². The van der Waals surface area contributed by atoms with Crippen molar-refractivity contribution in [2.75, 3.05) is 13.1 Å². The van der Waals surface area contributed by atoms with Gasteiger partial charge in [-0.15, -0.1) is 0 Å². The van der Waals surface area contributed by atoms with Crippen molar-refractivity contribution in [2.45, 2.75) is 90.4 Å². The monoisotopic (exact) mass is 464 g/mol. The third kappa shape index (κ3) is 8.13. The zero-order valence-corrected chi connectivity index (χ0v) is 21.9. The molecule has 0 unspecified atom stereocenters. The van der Waals surface area contributed by atoms with Crippen LogP contribution in [0.3, 0.4) is 0 Å². The number of piperidine rings is 1. The summed E-state index contributed by atoms with van der Waals surface area (Å²) in [4.78, 5) is 26.9. The molecule has 7 nitrogen and oxygen atoms in total. The molecule has 1 N–H and O–H groups in total. The summed E-state index contributed by atoms with van der Waals surface area (Å²) in [5, 5.41) is 2.95. The molecular formula is C24H40N2O5Si. The van der Waals surface area contributed by atoms with E-state index in [2.05, 4.69) is 39.2 Å². The van der Waals surface area contributed by atoms with Gasteiger partial charge in [-0.3, -0.25) is 0 Å². The van der Waals surface area contributed by atoms with E-state index in [0.717, 1.165) is 5.56 Å². The van der Waals surface area contributed by atoms with Crippen LogP contribution >= 0.6 is 0 Å². The van der Waals surface area contributed by atoms with Crippen LogP contribution in [-0.2, 0) is 20.5 Å². The van der Waals surface area contributed by atoms with Crippen LogP contribution in [0.15, 0.2) is 30.3 Å². The highest BCUT2D eigenvalue weighted by molar-refractivity contribution is 6.74. The molecule has 0 spiro atoms. The Balaban J connectivity index is 2.09. The van der Waals surface area contributed by atoms with Gasteiger partial charge in [0.1, 0.15) is 12.2 Å². The van der Waals surface area contributed by atoms with Gasteiger partial charge < -0.3 is 24.1 Å². The van der Waals surface area contributed by atoms with Crippen molar-refractivity contribution in [3.05, 3.63) is 35.9 Å². The minimum Gasteiger partial charge on any atom is -0.445 e. The maximum absolute atomic E-state index is 12.9. The van der Waals surface area contributed by atoms with E-state index in [4.69, 9.17) is 13.9 Å². The maximum Gasteiger partial charge on any atom is 0.410 e. The van der Waals surface area contributed by atoms with Crippen LogP contribution in [0.5, 0.6) is 0 Å². The van der Waals surface area contributed by atoms with E-state index in [9.17, 15) is 9.59 Å². The predicted molar refractivity (Wildman–Crippen MR) is 128 cm³/mol. The number of nitrogens with zero attached hydrogens (tertiary/aromatic N) is 1. The highest BCUT2D eigenvalue weighted by Gasteiger charge is 2.42. The largest absolute Gasteiger partial charge is 0.445 e. The van der Waals surface area contributed by atoms with E-state index in [1.54, 1.807) is 4.90 Å². The first-order valence-corrected chi connectivity index (χ1v) is 14.2. The Kier molecular flexibility index (Phi) is 8.39. The Hall–Kier alpha value is -2.06. The van der Waals surface area contributed by atoms with Crippen LogP contribution < -0.4 is 5.32 Å². The molecule has 1 fully saturated rings. The van der Waals surface area contributed by atoms with Crippen LogP contribution in [0.2, 0.25) is 18.1 Å². The molecule has 0 bridgehead atoms. The van der Waals surface area contributed by atoms with E-state index >= 15 is 0 Å². The minimum atomic E-state index is -2.06. The zero-order chi connectivity index (χ0) is 24.2. The number of alkyl carbamates (subject to hydrolysis) is 1. The molecule has 0 aliphatic carbocycles. The first-order chi connectivity index (χ1) is 14.7. The Morgan fingerprint density at radius 2 is 1.69 bits per heavy atom. The molecule has 180 valence electrons. The average Bonchev–Trinajstić information content (AvgIpc) is 2.63. The number of hydrogen-bond acceptors (Lipinski definition) is 5. The van der Waals surface area contributed by atoms with Gasteiger partial charge in [0.15, 0.2) is 8.32 Å².